The molecule has 0 aliphatic heterocycles. The third-order valence-electron chi connectivity index (χ3n) is 4.80. The molecule has 0 amide bonds. The zero-order chi connectivity index (χ0) is 14.7. The van der Waals surface area contributed by atoms with E-state index in [9.17, 15) is 0 Å². The largest absolute Gasteiger partial charge is 0.459 e. The molecule has 1 aliphatic rings. The summed E-state index contributed by atoms with van der Waals surface area (Å²) in [5.74, 6) is 1.82. The van der Waals surface area contributed by atoms with Gasteiger partial charge in [0.25, 0.3) is 0 Å². The average molecular weight is 286 g/mol. The van der Waals surface area contributed by atoms with E-state index in [2.05, 4.69) is 24.1 Å². The SMILES string of the molecule is CN(CC1CCCCC1)C(CN)c1cc2ccccc2o1. The van der Waals surface area contributed by atoms with Gasteiger partial charge in [-0.15, -0.1) is 0 Å². The Morgan fingerprint density at radius 3 is 2.71 bits per heavy atom. The lowest BCUT2D eigenvalue weighted by atomic mass is 9.88. The van der Waals surface area contributed by atoms with Gasteiger partial charge in [0.05, 0.1) is 6.04 Å². The monoisotopic (exact) mass is 286 g/mol. The first-order chi connectivity index (χ1) is 10.3. The number of likely N-dealkylation sites (N-methyl/N-ethyl adjacent to an activating group) is 1. The summed E-state index contributed by atoms with van der Waals surface area (Å²) in [6, 6.07) is 10.5. The van der Waals surface area contributed by atoms with Gasteiger partial charge in [-0.05, 0) is 37.9 Å². The summed E-state index contributed by atoms with van der Waals surface area (Å²) in [6.45, 7) is 1.72. The fourth-order valence-corrected chi connectivity index (χ4v) is 3.58. The highest BCUT2D eigenvalue weighted by Crippen LogP contribution is 2.29. The van der Waals surface area contributed by atoms with Crippen LogP contribution in [0.25, 0.3) is 11.0 Å². The molecule has 1 aromatic heterocycles. The maximum Gasteiger partial charge on any atom is 0.134 e. The second-order valence-electron chi connectivity index (χ2n) is 6.38. The molecule has 1 atom stereocenters. The van der Waals surface area contributed by atoms with Crippen molar-refractivity contribution in [3.8, 4) is 0 Å². The quantitative estimate of drug-likeness (QED) is 0.905. The van der Waals surface area contributed by atoms with Crippen LogP contribution in [0.5, 0.6) is 0 Å². The van der Waals surface area contributed by atoms with Crippen LogP contribution in [0.15, 0.2) is 34.7 Å². The Bertz CT molecular complexity index is 538. The molecule has 2 aromatic rings. The fraction of sp³-hybridized carbons (Fsp3) is 0.556. The van der Waals surface area contributed by atoms with Crippen molar-refractivity contribution in [2.45, 2.75) is 38.1 Å². The van der Waals surface area contributed by atoms with E-state index in [4.69, 9.17) is 10.2 Å². The van der Waals surface area contributed by atoms with Gasteiger partial charge in [-0.25, -0.2) is 0 Å². The number of para-hydroxylation sites is 1. The first-order valence-electron chi connectivity index (χ1n) is 8.16. The minimum atomic E-state index is 0.180. The Hall–Kier alpha value is -1.32. The van der Waals surface area contributed by atoms with Gasteiger partial charge in [-0.3, -0.25) is 4.90 Å². The molecule has 1 aliphatic carbocycles. The van der Waals surface area contributed by atoms with Crippen molar-refractivity contribution < 1.29 is 4.42 Å². The summed E-state index contributed by atoms with van der Waals surface area (Å²) in [6.07, 6.45) is 6.90. The summed E-state index contributed by atoms with van der Waals surface area (Å²) in [7, 11) is 2.18. The van der Waals surface area contributed by atoms with Gasteiger partial charge < -0.3 is 10.2 Å². The molecular formula is C18H26N2O. The number of nitrogens with two attached hydrogens (primary N) is 1. The van der Waals surface area contributed by atoms with Crippen molar-refractivity contribution >= 4 is 11.0 Å². The standard InChI is InChI=1S/C18H26N2O/c1-20(13-14-7-3-2-4-8-14)16(12-19)18-11-15-9-5-6-10-17(15)21-18/h5-6,9-11,14,16H,2-4,7-8,12-13,19H2,1H3. The van der Waals surface area contributed by atoms with Crippen molar-refractivity contribution in [1.82, 2.24) is 4.90 Å². The molecule has 1 aromatic carbocycles. The molecule has 0 spiro atoms. The van der Waals surface area contributed by atoms with E-state index in [0.717, 1.165) is 29.2 Å². The van der Waals surface area contributed by atoms with E-state index >= 15 is 0 Å². The second kappa shape index (κ2) is 6.63. The Balaban J connectivity index is 1.73. The van der Waals surface area contributed by atoms with E-state index in [1.807, 2.05) is 18.2 Å². The van der Waals surface area contributed by atoms with E-state index in [1.165, 1.54) is 32.1 Å². The lowest BCUT2D eigenvalue weighted by Crippen LogP contribution is -2.34. The molecule has 21 heavy (non-hydrogen) atoms. The van der Waals surface area contributed by atoms with Crippen LogP contribution in [0.3, 0.4) is 0 Å². The van der Waals surface area contributed by atoms with Crippen LogP contribution >= 0.6 is 0 Å². The molecule has 2 N–H and O–H groups in total. The highest BCUT2D eigenvalue weighted by atomic mass is 16.3. The Labute approximate surface area is 127 Å². The first-order valence-corrected chi connectivity index (χ1v) is 8.16. The highest BCUT2D eigenvalue weighted by molar-refractivity contribution is 5.77. The van der Waals surface area contributed by atoms with Gasteiger partial charge in [0, 0.05) is 18.5 Å². The number of nitrogens with zero attached hydrogens (tertiary/aromatic N) is 1. The number of benzene rings is 1. The fourth-order valence-electron chi connectivity index (χ4n) is 3.58. The molecular weight excluding hydrogens is 260 g/mol. The Kier molecular flexibility index (Phi) is 4.61. The Morgan fingerprint density at radius 1 is 1.24 bits per heavy atom. The average Bonchev–Trinajstić information content (AvgIpc) is 2.92. The lowest BCUT2D eigenvalue weighted by molar-refractivity contribution is 0.171. The van der Waals surface area contributed by atoms with Gasteiger partial charge in [-0.2, -0.15) is 0 Å². The summed E-state index contributed by atoms with van der Waals surface area (Å²) in [5.41, 5.74) is 6.99. The third kappa shape index (κ3) is 3.30. The summed E-state index contributed by atoms with van der Waals surface area (Å²) in [5, 5.41) is 1.16. The van der Waals surface area contributed by atoms with Crippen LogP contribution in [-0.4, -0.2) is 25.0 Å². The zero-order valence-corrected chi connectivity index (χ0v) is 12.9. The van der Waals surface area contributed by atoms with Crippen LogP contribution in [0.1, 0.15) is 43.9 Å². The van der Waals surface area contributed by atoms with Crippen molar-refractivity contribution in [2.24, 2.45) is 11.7 Å². The number of hydrogen-bond donors (Lipinski definition) is 1. The minimum absolute atomic E-state index is 0.180. The van der Waals surface area contributed by atoms with Gasteiger partial charge in [0.1, 0.15) is 11.3 Å². The smallest absolute Gasteiger partial charge is 0.134 e. The van der Waals surface area contributed by atoms with Crippen LogP contribution < -0.4 is 5.73 Å². The zero-order valence-electron chi connectivity index (χ0n) is 12.9. The second-order valence-corrected chi connectivity index (χ2v) is 6.38. The lowest BCUT2D eigenvalue weighted by Gasteiger charge is -2.31. The topological polar surface area (TPSA) is 42.4 Å². The molecule has 0 radical (unpaired) electrons. The maximum atomic E-state index is 6.03. The van der Waals surface area contributed by atoms with Crippen molar-refractivity contribution in [3.05, 3.63) is 36.1 Å². The molecule has 0 bridgehead atoms. The highest BCUT2D eigenvalue weighted by Gasteiger charge is 2.23. The summed E-state index contributed by atoms with van der Waals surface area (Å²) in [4.78, 5) is 2.38. The first kappa shape index (κ1) is 14.6. The molecule has 1 saturated carbocycles. The Morgan fingerprint density at radius 2 is 2.00 bits per heavy atom. The molecule has 114 valence electrons. The molecule has 1 fully saturated rings. The van der Waals surface area contributed by atoms with Crippen molar-refractivity contribution in [2.75, 3.05) is 20.1 Å². The molecule has 1 unspecified atom stereocenters. The van der Waals surface area contributed by atoms with Crippen LogP contribution in [0.4, 0.5) is 0 Å². The van der Waals surface area contributed by atoms with Gasteiger partial charge in [-0.1, -0.05) is 37.5 Å². The normalized spacial score (nSPS) is 18.4. The van der Waals surface area contributed by atoms with Crippen LogP contribution in [0, 0.1) is 5.92 Å². The van der Waals surface area contributed by atoms with E-state index in [1.54, 1.807) is 0 Å². The van der Waals surface area contributed by atoms with Gasteiger partial charge in [0.15, 0.2) is 0 Å². The van der Waals surface area contributed by atoms with Gasteiger partial charge in [0.2, 0.25) is 0 Å². The number of hydrogen-bond acceptors (Lipinski definition) is 3. The minimum Gasteiger partial charge on any atom is -0.459 e. The molecule has 3 nitrogen and oxygen atoms in total. The molecule has 3 heteroatoms. The summed E-state index contributed by atoms with van der Waals surface area (Å²) >= 11 is 0. The van der Waals surface area contributed by atoms with E-state index in [-0.39, 0.29) is 6.04 Å². The molecule has 1 heterocycles. The number of rotatable bonds is 5. The number of furan rings is 1. The van der Waals surface area contributed by atoms with E-state index < -0.39 is 0 Å². The van der Waals surface area contributed by atoms with Crippen LogP contribution in [-0.2, 0) is 0 Å². The maximum absolute atomic E-state index is 6.03. The summed E-state index contributed by atoms with van der Waals surface area (Å²) < 4.78 is 6.01. The van der Waals surface area contributed by atoms with Crippen molar-refractivity contribution in [1.29, 1.82) is 0 Å². The number of fused-ring (bicyclic) bond motifs is 1. The van der Waals surface area contributed by atoms with E-state index in [0.29, 0.717) is 6.54 Å². The molecule has 3 rings (SSSR count). The third-order valence-corrected chi connectivity index (χ3v) is 4.80. The molecule has 0 saturated heterocycles. The predicted molar refractivity (Wildman–Crippen MR) is 87.2 cm³/mol. The predicted octanol–water partition coefficient (Wildman–Crippen LogP) is 3.94. The van der Waals surface area contributed by atoms with Crippen LogP contribution in [0.2, 0.25) is 0 Å². The van der Waals surface area contributed by atoms with Gasteiger partial charge >= 0.3 is 0 Å². The van der Waals surface area contributed by atoms with Crippen molar-refractivity contribution in [3.63, 3.8) is 0 Å².